The molecule has 1 aliphatic heterocycles. The highest BCUT2D eigenvalue weighted by molar-refractivity contribution is 6.37. The lowest BCUT2D eigenvalue weighted by molar-refractivity contribution is -0.110. The zero-order valence-corrected chi connectivity index (χ0v) is 11.7. The van der Waals surface area contributed by atoms with Crippen molar-refractivity contribution >= 4 is 45.7 Å². The highest BCUT2D eigenvalue weighted by Gasteiger charge is 2.24. The predicted molar refractivity (Wildman–Crippen MR) is 86.3 cm³/mol. The Morgan fingerprint density at radius 2 is 1.76 bits per heavy atom. The number of aromatic nitrogens is 1. The predicted octanol–water partition coefficient (Wildman–Crippen LogP) is 4.31. The van der Waals surface area contributed by atoms with E-state index in [9.17, 15) is 4.79 Å². The molecular formula is C17H11ClN2O. The summed E-state index contributed by atoms with van der Waals surface area (Å²) in [5, 5.41) is 4.42. The molecule has 2 N–H and O–H groups in total. The summed E-state index contributed by atoms with van der Waals surface area (Å²) in [7, 11) is 0. The standard InChI is InChI=1S/C17H11ClN2O/c18-16-12(10-5-1-3-7-14(10)19-16)9-13-11-6-2-4-8-15(11)20-17(13)21/h1-9,19H,(H,20,21). The normalized spacial score (nSPS) is 15.5. The van der Waals surface area contributed by atoms with E-state index in [2.05, 4.69) is 10.3 Å². The molecule has 0 atom stereocenters. The van der Waals surface area contributed by atoms with Gasteiger partial charge in [-0.15, -0.1) is 0 Å². The topological polar surface area (TPSA) is 44.9 Å². The number of halogens is 1. The molecule has 3 nitrogen and oxygen atoms in total. The summed E-state index contributed by atoms with van der Waals surface area (Å²) in [5.41, 5.74) is 4.18. The van der Waals surface area contributed by atoms with Gasteiger partial charge in [0.15, 0.2) is 0 Å². The Morgan fingerprint density at radius 1 is 1.00 bits per heavy atom. The zero-order valence-electron chi connectivity index (χ0n) is 11.0. The first kappa shape index (κ1) is 12.2. The number of H-pyrrole nitrogens is 1. The molecule has 4 rings (SSSR count). The van der Waals surface area contributed by atoms with Crippen molar-refractivity contribution < 1.29 is 4.79 Å². The molecule has 1 amide bonds. The third-order valence-corrected chi connectivity index (χ3v) is 3.99. The van der Waals surface area contributed by atoms with Gasteiger partial charge in [0.2, 0.25) is 0 Å². The van der Waals surface area contributed by atoms with Crippen LogP contribution in [0.5, 0.6) is 0 Å². The van der Waals surface area contributed by atoms with Gasteiger partial charge in [-0.2, -0.15) is 0 Å². The van der Waals surface area contributed by atoms with E-state index in [4.69, 9.17) is 11.6 Å². The minimum Gasteiger partial charge on any atom is -0.345 e. The van der Waals surface area contributed by atoms with Gasteiger partial charge in [-0.3, -0.25) is 4.79 Å². The number of benzene rings is 2. The van der Waals surface area contributed by atoms with Crippen molar-refractivity contribution in [2.24, 2.45) is 0 Å². The van der Waals surface area contributed by atoms with E-state index in [1.165, 1.54) is 0 Å². The number of carbonyl (C=O) groups is 1. The van der Waals surface area contributed by atoms with Crippen LogP contribution in [0.15, 0.2) is 48.5 Å². The molecule has 1 aliphatic rings. The van der Waals surface area contributed by atoms with E-state index in [0.717, 1.165) is 27.7 Å². The third kappa shape index (κ3) is 1.86. The molecule has 0 unspecified atom stereocenters. The first-order valence-corrected chi connectivity index (χ1v) is 7.00. The molecule has 2 aromatic carbocycles. The Kier molecular flexibility index (Phi) is 2.62. The molecule has 0 fully saturated rings. The van der Waals surface area contributed by atoms with Gasteiger partial charge in [-0.05, 0) is 18.2 Å². The Morgan fingerprint density at radius 3 is 2.67 bits per heavy atom. The second-order valence-electron chi connectivity index (χ2n) is 4.96. The maximum Gasteiger partial charge on any atom is 0.256 e. The lowest BCUT2D eigenvalue weighted by atomic mass is 10.0. The van der Waals surface area contributed by atoms with Gasteiger partial charge in [-0.25, -0.2) is 0 Å². The van der Waals surface area contributed by atoms with Crippen molar-refractivity contribution in [1.82, 2.24) is 4.98 Å². The van der Waals surface area contributed by atoms with Crippen molar-refractivity contribution in [2.45, 2.75) is 0 Å². The van der Waals surface area contributed by atoms with E-state index in [1.807, 2.05) is 54.6 Å². The molecular weight excluding hydrogens is 284 g/mol. The van der Waals surface area contributed by atoms with Gasteiger partial charge in [0.1, 0.15) is 5.15 Å². The number of hydrogen-bond acceptors (Lipinski definition) is 1. The summed E-state index contributed by atoms with van der Waals surface area (Å²) in [4.78, 5) is 15.3. The molecule has 0 bridgehead atoms. The maximum atomic E-state index is 12.2. The van der Waals surface area contributed by atoms with Crippen LogP contribution in [-0.2, 0) is 4.79 Å². The molecule has 21 heavy (non-hydrogen) atoms. The zero-order chi connectivity index (χ0) is 14.4. The van der Waals surface area contributed by atoms with Gasteiger partial charge < -0.3 is 10.3 Å². The Labute approximate surface area is 126 Å². The smallest absolute Gasteiger partial charge is 0.256 e. The van der Waals surface area contributed by atoms with Gasteiger partial charge in [0.05, 0.1) is 0 Å². The van der Waals surface area contributed by atoms with Crippen LogP contribution < -0.4 is 5.32 Å². The van der Waals surface area contributed by atoms with Gasteiger partial charge in [0.25, 0.3) is 5.91 Å². The van der Waals surface area contributed by atoms with Crippen molar-refractivity contribution in [3.8, 4) is 0 Å². The average Bonchev–Trinajstić information content (AvgIpc) is 2.97. The van der Waals surface area contributed by atoms with Crippen LogP contribution in [0.4, 0.5) is 5.69 Å². The molecule has 102 valence electrons. The third-order valence-electron chi connectivity index (χ3n) is 3.70. The van der Waals surface area contributed by atoms with Crippen molar-refractivity contribution in [3.05, 3.63) is 64.8 Å². The summed E-state index contributed by atoms with van der Waals surface area (Å²) in [6.45, 7) is 0. The van der Waals surface area contributed by atoms with Crippen LogP contribution in [0.3, 0.4) is 0 Å². The summed E-state index contributed by atoms with van der Waals surface area (Å²) < 4.78 is 0. The number of nitrogens with one attached hydrogen (secondary N) is 2. The summed E-state index contributed by atoms with van der Waals surface area (Å²) >= 11 is 6.29. The summed E-state index contributed by atoms with van der Waals surface area (Å²) in [6.07, 6.45) is 1.85. The molecule has 3 aromatic rings. The Balaban J connectivity index is 1.95. The Hall–Kier alpha value is -2.52. The largest absolute Gasteiger partial charge is 0.345 e. The lowest BCUT2D eigenvalue weighted by Crippen LogP contribution is -2.03. The number of fused-ring (bicyclic) bond motifs is 2. The van der Waals surface area contributed by atoms with E-state index in [0.29, 0.717) is 10.7 Å². The SMILES string of the molecule is O=C1Nc2ccccc2C1=Cc1c(Cl)[nH]c2ccccc12. The quantitative estimate of drug-likeness (QED) is 0.645. The van der Waals surface area contributed by atoms with Gasteiger partial charge >= 0.3 is 0 Å². The number of aromatic amines is 1. The van der Waals surface area contributed by atoms with E-state index < -0.39 is 0 Å². The van der Waals surface area contributed by atoms with Gasteiger partial charge in [-0.1, -0.05) is 48.0 Å². The minimum atomic E-state index is -0.0995. The van der Waals surface area contributed by atoms with Crippen LogP contribution in [0.1, 0.15) is 11.1 Å². The number of carbonyl (C=O) groups excluding carboxylic acids is 1. The molecule has 0 radical (unpaired) electrons. The highest BCUT2D eigenvalue weighted by Crippen LogP contribution is 2.35. The summed E-state index contributed by atoms with van der Waals surface area (Å²) in [5.74, 6) is -0.0995. The first-order valence-electron chi connectivity index (χ1n) is 6.63. The lowest BCUT2D eigenvalue weighted by Gasteiger charge is -1.98. The highest BCUT2D eigenvalue weighted by atomic mass is 35.5. The van der Waals surface area contributed by atoms with Crippen LogP contribution in [0, 0.1) is 0 Å². The van der Waals surface area contributed by atoms with E-state index in [-0.39, 0.29) is 5.91 Å². The maximum absolute atomic E-state index is 12.2. The van der Waals surface area contributed by atoms with Crippen LogP contribution in [0.2, 0.25) is 5.15 Å². The van der Waals surface area contributed by atoms with Crippen LogP contribution >= 0.6 is 11.6 Å². The van der Waals surface area contributed by atoms with Gasteiger partial charge in [0, 0.05) is 33.3 Å². The number of amides is 1. The fraction of sp³-hybridized carbons (Fsp3) is 0. The molecule has 0 aliphatic carbocycles. The van der Waals surface area contributed by atoms with Crippen LogP contribution in [0.25, 0.3) is 22.6 Å². The minimum absolute atomic E-state index is 0.0995. The molecule has 0 spiro atoms. The van der Waals surface area contributed by atoms with Crippen molar-refractivity contribution in [1.29, 1.82) is 0 Å². The molecule has 0 saturated carbocycles. The second-order valence-corrected chi connectivity index (χ2v) is 5.33. The van der Waals surface area contributed by atoms with E-state index in [1.54, 1.807) is 0 Å². The fourth-order valence-electron chi connectivity index (χ4n) is 2.70. The molecule has 1 aromatic heterocycles. The number of rotatable bonds is 1. The van der Waals surface area contributed by atoms with Crippen molar-refractivity contribution in [3.63, 3.8) is 0 Å². The average molecular weight is 295 g/mol. The number of hydrogen-bond donors (Lipinski definition) is 2. The summed E-state index contributed by atoms with van der Waals surface area (Å²) in [6, 6.07) is 15.5. The molecule has 2 heterocycles. The second kappa shape index (κ2) is 4.50. The first-order chi connectivity index (χ1) is 10.2. The van der Waals surface area contributed by atoms with E-state index >= 15 is 0 Å². The number of para-hydroxylation sites is 2. The Bertz CT molecular complexity index is 908. The van der Waals surface area contributed by atoms with Crippen LogP contribution in [-0.4, -0.2) is 10.9 Å². The molecule has 0 saturated heterocycles. The number of anilines is 1. The van der Waals surface area contributed by atoms with Crippen molar-refractivity contribution in [2.75, 3.05) is 5.32 Å². The molecule has 4 heteroatoms. The monoisotopic (exact) mass is 294 g/mol. The fourth-order valence-corrected chi connectivity index (χ4v) is 2.96.